The fraction of sp³-hybridized carbons (Fsp3) is 0.538. The number of nitrogens with zero attached hydrogens (tertiary/aromatic N) is 2. The summed E-state index contributed by atoms with van der Waals surface area (Å²) in [5.74, 6) is 0.735. The molecule has 2 aliphatic rings. The number of urea groups is 1. The standard InChI is InChI=1S/C26H35N3O4S/c1-3-12-27-26(31)28(16-21-5-4-14-32-21)17-25(30)29-13-10-24-22(11-15-34-24)23(29)18-33-20-8-6-19(2)7-9-20/h6-9,11,15,21,23H,3-5,10,12-14,16-18H2,1-2H3,(H,27,31)/t21-,23+/m1/s1. The van der Waals surface area contributed by atoms with Crippen molar-refractivity contribution in [2.24, 2.45) is 0 Å². The van der Waals surface area contributed by atoms with E-state index in [1.807, 2.05) is 43.0 Å². The predicted octanol–water partition coefficient (Wildman–Crippen LogP) is 4.16. The Morgan fingerprint density at radius 3 is 2.82 bits per heavy atom. The zero-order valence-electron chi connectivity index (χ0n) is 20.1. The summed E-state index contributed by atoms with van der Waals surface area (Å²) in [5.41, 5.74) is 2.33. The Balaban J connectivity index is 1.47. The summed E-state index contributed by atoms with van der Waals surface area (Å²) in [7, 11) is 0. The third kappa shape index (κ3) is 6.10. The van der Waals surface area contributed by atoms with E-state index in [1.165, 1.54) is 10.4 Å². The summed E-state index contributed by atoms with van der Waals surface area (Å²) < 4.78 is 11.9. The average Bonchev–Trinajstić information content (AvgIpc) is 3.53. The number of hydrogen-bond donors (Lipinski definition) is 1. The van der Waals surface area contributed by atoms with Gasteiger partial charge < -0.3 is 24.6 Å². The maximum atomic E-state index is 13.6. The molecule has 1 fully saturated rings. The fourth-order valence-electron chi connectivity index (χ4n) is 4.54. The SMILES string of the molecule is CCCNC(=O)N(CC(=O)N1CCc2sccc2[C@@H]1COc1ccc(C)cc1)C[C@H]1CCCO1. The molecule has 0 spiro atoms. The molecule has 1 aromatic heterocycles. The lowest BCUT2D eigenvalue weighted by Gasteiger charge is -2.37. The topological polar surface area (TPSA) is 71.1 Å². The van der Waals surface area contributed by atoms with E-state index in [0.29, 0.717) is 32.8 Å². The minimum Gasteiger partial charge on any atom is -0.491 e. The van der Waals surface area contributed by atoms with Gasteiger partial charge in [-0.15, -0.1) is 11.3 Å². The Kier molecular flexibility index (Phi) is 8.45. The van der Waals surface area contributed by atoms with E-state index in [2.05, 4.69) is 16.8 Å². The minimum atomic E-state index is -0.202. The molecule has 2 aromatic rings. The molecule has 1 aromatic carbocycles. The Morgan fingerprint density at radius 2 is 2.09 bits per heavy atom. The maximum absolute atomic E-state index is 13.6. The van der Waals surface area contributed by atoms with Crippen LogP contribution in [-0.2, 0) is 16.0 Å². The van der Waals surface area contributed by atoms with Crippen LogP contribution in [0.5, 0.6) is 5.75 Å². The highest BCUT2D eigenvalue weighted by Crippen LogP contribution is 2.34. The largest absolute Gasteiger partial charge is 0.491 e. The van der Waals surface area contributed by atoms with Crippen LogP contribution in [0.4, 0.5) is 4.79 Å². The quantitative estimate of drug-likeness (QED) is 0.579. The van der Waals surface area contributed by atoms with Crippen LogP contribution in [0.25, 0.3) is 0 Å². The first-order chi connectivity index (χ1) is 16.5. The van der Waals surface area contributed by atoms with Crippen LogP contribution in [0.2, 0.25) is 0 Å². The van der Waals surface area contributed by atoms with Gasteiger partial charge in [-0.05, 0) is 61.7 Å². The third-order valence-corrected chi connectivity index (χ3v) is 7.43. The Bertz CT molecular complexity index is 955. The molecule has 3 heterocycles. The molecule has 2 aliphatic heterocycles. The lowest BCUT2D eigenvalue weighted by atomic mass is 10.0. The maximum Gasteiger partial charge on any atom is 0.317 e. The van der Waals surface area contributed by atoms with Crippen LogP contribution in [0.1, 0.15) is 48.2 Å². The molecular formula is C26H35N3O4S. The normalized spacial score (nSPS) is 19.5. The number of hydrogen-bond acceptors (Lipinski definition) is 5. The summed E-state index contributed by atoms with van der Waals surface area (Å²) >= 11 is 1.73. The van der Waals surface area contributed by atoms with Crippen molar-refractivity contribution in [2.75, 3.05) is 39.4 Å². The van der Waals surface area contributed by atoms with Gasteiger partial charge in [0.15, 0.2) is 0 Å². The van der Waals surface area contributed by atoms with Gasteiger partial charge in [0, 0.05) is 31.1 Å². The molecule has 184 valence electrons. The first-order valence-corrected chi connectivity index (χ1v) is 13.1. The van der Waals surface area contributed by atoms with Crippen molar-refractivity contribution in [2.45, 2.75) is 51.7 Å². The van der Waals surface area contributed by atoms with E-state index in [-0.39, 0.29) is 30.6 Å². The number of aryl methyl sites for hydroxylation is 1. The summed E-state index contributed by atoms with van der Waals surface area (Å²) in [5, 5.41) is 5.01. The Hall–Kier alpha value is -2.58. The van der Waals surface area contributed by atoms with Crippen molar-refractivity contribution < 1.29 is 19.1 Å². The number of carbonyl (C=O) groups is 2. The van der Waals surface area contributed by atoms with Crippen LogP contribution in [0, 0.1) is 6.92 Å². The second-order valence-corrected chi connectivity index (χ2v) is 10.0. The van der Waals surface area contributed by atoms with Crippen LogP contribution < -0.4 is 10.1 Å². The van der Waals surface area contributed by atoms with E-state index in [9.17, 15) is 9.59 Å². The minimum absolute atomic E-state index is 0.00863. The Morgan fingerprint density at radius 1 is 1.26 bits per heavy atom. The molecule has 8 heteroatoms. The van der Waals surface area contributed by atoms with E-state index < -0.39 is 0 Å². The predicted molar refractivity (Wildman–Crippen MR) is 133 cm³/mol. The van der Waals surface area contributed by atoms with Gasteiger partial charge in [0.25, 0.3) is 0 Å². The summed E-state index contributed by atoms with van der Waals surface area (Å²) in [6.45, 7) is 6.84. The number of nitrogens with one attached hydrogen (secondary N) is 1. The van der Waals surface area contributed by atoms with E-state index >= 15 is 0 Å². The van der Waals surface area contributed by atoms with Gasteiger partial charge >= 0.3 is 6.03 Å². The van der Waals surface area contributed by atoms with E-state index in [0.717, 1.165) is 37.0 Å². The molecule has 3 amide bonds. The van der Waals surface area contributed by atoms with Gasteiger partial charge in [0.2, 0.25) is 5.91 Å². The molecule has 34 heavy (non-hydrogen) atoms. The van der Waals surface area contributed by atoms with Crippen molar-refractivity contribution in [1.29, 1.82) is 0 Å². The first-order valence-electron chi connectivity index (χ1n) is 12.2. The molecule has 0 aliphatic carbocycles. The van der Waals surface area contributed by atoms with E-state index in [4.69, 9.17) is 9.47 Å². The highest BCUT2D eigenvalue weighted by atomic mass is 32.1. The molecule has 1 N–H and O–H groups in total. The lowest BCUT2D eigenvalue weighted by molar-refractivity contribution is -0.135. The van der Waals surface area contributed by atoms with Crippen LogP contribution >= 0.6 is 11.3 Å². The van der Waals surface area contributed by atoms with Crippen molar-refractivity contribution in [1.82, 2.24) is 15.1 Å². The Labute approximate surface area is 206 Å². The molecule has 0 bridgehead atoms. The third-order valence-electron chi connectivity index (χ3n) is 6.43. The van der Waals surface area contributed by atoms with Gasteiger partial charge in [0.05, 0.1) is 12.1 Å². The van der Waals surface area contributed by atoms with Gasteiger partial charge in [-0.2, -0.15) is 0 Å². The molecule has 7 nitrogen and oxygen atoms in total. The van der Waals surface area contributed by atoms with Gasteiger partial charge in [-0.25, -0.2) is 4.79 Å². The average molecular weight is 486 g/mol. The number of rotatable bonds is 9. The number of fused-ring (bicyclic) bond motifs is 1. The summed E-state index contributed by atoms with van der Waals surface area (Å²) in [6.07, 6.45) is 3.58. The van der Waals surface area contributed by atoms with Crippen LogP contribution in [-0.4, -0.2) is 67.2 Å². The van der Waals surface area contributed by atoms with Gasteiger partial charge in [0.1, 0.15) is 18.9 Å². The zero-order valence-corrected chi connectivity index (χ0v) is 20.9. The van der Waals surface area contributed by atoms with Crippen molar-refractivity contribution in [3.63, 3.8) is 0 Å². The molecule has 4 rings (SSSR count). The highest BCUT2D eigenvalue weighted by molar-refractivity contribution is 7.10. The summed E-state index contributed by atoms with van der Waals surface area (Å²) in [4.78, 5) is 31.2. The van der Waals surface area contributed by atoms with Crippen molar-refractivity contribution in [3.8, 4) is 5.75 Å². The van der Waals surface area contributed by atoms with Crippen molar-refractivity contribution >= 4 is 23.3 Å². The van der Waals surface area contributed by atoms with Gasteiger partial charge in [-0.1, -0.05) is 24.6 Å². The number of thiophene rings is 1. The van der Waals surface area contributed by atoms with Gasteiger partial charge in [-0.3, -0.25) is 4.79 Å². The zero-order chi connectivity index (χ0) is 23.9. The van der Waals surface area contributed by atoms with E-state index in [1.54, 1.807) is 16.2 Å². The second kappa shape index (κ2) is 11.7. The van der Waals surface area contributed by atoms with Crippen molar-refractivity contribution in [3.05, 3.63) is 51.7 Å². The lowest BCUT2D eigenvalue weighted by Crippen LogP contribution is -2.51. The van der Waals surface area contributed by atoms with Crippen LogP contribution in [0.3, 0.4) is 0 Å². The molecule has 1 saturated heterocycles. The molecule has 0 unspecified atom stereocenters. The van der Waals surface area contributed by atoms with Crippen LogP contribution in [0.15, 0.2) is 35.7 Å². The summed E-state index contributed by atoms with van der Waals surface area (Å²) in [6, 6.07) is 9.68. The fourth-order valence-corrected chi connectivity index (χ4v) is 5.46. The second-order valence-electron chi connectivity index (χ2n) is 9.02. The molecule has 0 radical (unpaired) electrons. The number of benzene rings is 1. The number of ether oxygens (including phenoxy) is 2. The first kappa shape index (κ1) is 24.5. The molecular weight excluding hydrogens is 450 g/mol. The highest BCUT2D eigenvalue weighted by Gasteiger charge is 2.34. The monoisotopic (exact) mass is 485 g/mol. The molecule has 0 saturated carbocycles. The smallest absolute Gasteiger partial charge is 0.317 e. The molecule has 2 atom stereocenters. The number of carbonyl (C=O) groups excluding carboxylic acids is 2. The number of amides is 3.